The molecule has 0 rings (SSSR count). The van der Waals surface area contributed by atoms with Crippen LogP contribution in [0.1, 0.15) is 183 Å². The van der Waals surface area contributed by atoms with Gasteiger partial charge in [0, 0.05) is 0 Å². The van der Waals surface area contributed by atoms with Gasteiger partial charge in [-0.3, -0.25) is 0 Å². The van der Waals surface area contributed by atoms with Crippen LogP contribution in [0.25, 0.3) is 0 Å². The van der Waals surface area contributed by atoms with Crippen LogP contribution in [-0.2, 0) is 4.79 Å². The number of quaternary nitrogens is 2. The SMILES string of the molecule is CCCCCCCCCCC(=C=O)B([O-])[O-].CCCC[NH+](CCCC)CCCC.CCCC[NH+](CCCC)CCCC. The van der Waals surface area contributed by atoms with Gasteiger partial charge in [0.15, 0.2) is 0 Å². The highest BCUT2D eigenvalue weighted by molar-refractivity contribution is 6.49. The van der Waals surface area contributed by atoms with Crippen LogP contribution in [0.5, 0.6) is 0 Å². The second-order valence-corrected chi connectivity index (χ2v) is 12.3. The van der Waals surface area contributed by atoms with Crippen LogP contribution in [0.4, 0.5) is 0 Å². The van der Waals surface area contributed by atoms with Gasteiger partial charge >= 0.3 is 0 Å². The third kappa shape index (κ3) is 37.4. The molecule has 0 spiro atoms. The van der Waals surface area contributed by atoms with Crippen molar-refractivity contribution in [3.05, 3.63) is 5.47 Å². The van der Waals surface area contributed by atoms with Gasteiger partial charge < -0.3 is 19.8 Å². The molecular formula is C36H77BN2O3. The largest absolute Gasteiger partial charge is 0.889 e. The van der Waals surface area contributed by atoms with Gasteiger partial charge in [0.2, 0.25) is 0 Å². The van der Waals surface area contributed by atoms with E-state index in [2.05, 4.69) is 48.5 Å². The Balaban J connectivity index is -0.000000548. The van der Waals surface area contributed by atoms with Crippen molar-refractivity contribution in [3.8, 4) is 0 Å². The van der Waals surface area contributed by atoms with Crippen molar-refractivity contribution in [1.82, 2.24) is 0 Å². The normalized spacial score (nSPS) is 10.6. The highest BCUT2D eigenvalue weighted by Crippen LogP contribution is 2.11. The maximum Gasteiger partial charge on any atom is 0.110 e. The van der Waals surface area contributed by atoms with E-state index in [1.165, 1.54) is 154 Å². The number of hydrogen-bond donors (Lipinski definition) is 2. The lowest BCUT2D eigenvalue weighted by atomic mass is 9.77. The predicted octanol–water partition coefficient (Wildman–Crippen LogP) is 5.57. The third-order valence-electron chi connectivity index (χ3n) is 8.02. The van der Waals surface area contributed by atoms with Gasteiger partial charge in [-0.15, -0.1) is 0 Å². The first-order valence-corrected chi connectivity index (χ1v) is 18.6. The standard InChI is InChI=1S/C12H21BO3.2C12H27N/c1-2-3-4-5-6-7-8-9-10-12(11-14)13(15)16;2*1-4-7-10-13(11-8-5-2)12-9-6-3/h2-10H2,1H3;2*4-12H2,1-3H3/q-2;;/p+2. The van der Waals surface area contributed by atoms with E-state index in [0.717, 1.165) is 19.3 Å². The highest BCUT2D eigenvalue weighted by Gasteiger charge is 2.06. The number of carbonyl (C=O) groups excluding carboxylic acids is 1. The van der Waals surface area contributed by atoms with Crippen molar-refractivity contribution in [1.29, 1.82) is 0 Å². The highest BCUT2D eigenvalue weighted by atomic mass is 16.4. The van der Waals surface area contributed by atoms with Crippen LogP contribution in [-0.4, -0.2) is 52.3 Å². The molecule has 0 bridgehead atoms. The number of allylic oxidation sites excluding steroid dienone is 1. The average molecular weight is 597 g/mol. The number of nitrogens with one attached hydrogen (secondary N) is 2. The van der Waals surface area contributed by atoms with Crippen molar-refractivity contribution >= 4 is 13.1 Å². The van der Waals surface area contributed by atoms with Crippen LogP contribution in [0, 0.1) is 0 Å². The van der Waals surface area contributed by atoms with Crippen LogP contribution in [0.2, 0.25) is 0 Å². The molecule has 0 fully saturated rings. The molecule has 252 valence electrons. The van der Waals surface area contributed by atoms with Crippen molar-refractivity contribution in [2.24, 2.45) is 0 Å². The zero-order valence-corrected chi connectivity index (χ0v) is 29.9. The molecular weight excluding hydrogens is 519 g/mol. The van der Waals surface area contributed by atoms with Crippen LogP contribution in [0.15, 0.2) is 5.47 Å². The molecule has 0 unspecified atom stereocenters. The Morgan fingerprint density at radius 2 is 0.714 bits per heavy atom. The maximum absolute atomic E-state index is 10.4. The lowest BCUT2D eigenvalue weighted by molar-refractivity contribution is -0.900. The fourth-order valence-corrected chi connectivity index (χ4v) is 4.98. The first-order valence-electron chi connectivity index (χ1n) is 18.6. The first kappa shape index (κ1) is 45.8. The summed E-state index contributed by atoms with van der Waals surface area (Å²) < 4.78 is 0. The smallest absolute Gasteiger partial charge is 0.110 e. The molecule has 0 saturated carbocycles. The van der Waals surface area contributed by atoms with Gasteiger partial charge in [0.25, 0.3) is 0 Å². The van der Waals surface area contributed by atoms with E-state index in [-0.39, 0.29) is 5.47 Å². The predicted molar refractivity (Wildman–Crippen MR) is 183 cm³/mol. The van der Waals surface area contributed by atoms with Crippen molar-refractivity contribution in [2.75, 3.05) is 39.3 Å². The molecule has 0 radical (unpaired) electrons. The van der Waals surface area contributed by atoms with E-state index in [1.807, 2.05) is 9.80 Å². The van der Waals surface area contributed by atoms with E-state index in [4.69, 9.17) is 0 Å². The lowest BCUT2D eigenvalue weighted by Gasteiger charge is -2.26. The molecule has 0 aromatic rings. The minimum absolute atomic E-state index is 0.147. The number of rotatable bonds is 28. The maximum atomic E-state index is 10.4. The summed E-state index contributed by atoms with van der Waals surface area (Å²) in [6.45, 7) is 24.3. The minimum atomic E-state index is -2.12. The van der Waals surface area contributed by atoms with Crippen molar-refractivity contribution in [2.45, 2.75) is 183 Å². The molecule has 0 aromatic carbocycles. The van der Waals surface area contributed by atoms with Crippen molar-refractivity contribution in [3.63, 3.8) is 0 Å². The van der Waals surface area contributed by atoms with E-state index >= 15 is 0 Å². The van der Waals surface area contributed by atoms with E-state index in [1.54, 1.807) is 0 Å². The summed E-state index contributed by atoms with van der Waals surface area (Å²) in [6.07, 6.45) is 26.0. The summed E-state index contributed by atoms with van der Waals surface area (Å²) in [5, 5.41) is 20.9. The van der Waals surface area contributed by atoms with E-state index in [9.17, 15) is 14.8 Å². The molecule has 0 saturated heterocycles. The first-order chi connectivity index (χ1) is 20.4. The summed E-state index contributed by atoms with van der Waals surface area (Å²) >= 11 is 0. The second kappa shape index (κ2) is 40.4. The number of unbranched alkanes of at least 4 members (excludes halogenated alkanes) is 13. The summed E-state index contributed by atoms with van der Waals surface area (Å²) in [5.74, 6) is 1.46. The average Bonchev–Trinajstić information content (AvgIpc) is 3.00. The Bertz CT molecular complexity index is 480. The fraction of sp³-hybridized carbons (Fsp3) is 0.944. The summed E-state index contributed by atoms with van der Waals surface area (Å²) in [4.78, 5) is 13.9. The molecule has 0 aromatic heterocycles. The summed E-state index contributed by atoms with van der Waals surface area (Å²) in [7, 11) is -2.12. The zero-order valence-electron chi connectivity index (χ0n) is 29.9. The Kier molecular flexibility index (Phi) is 44.0. The van der Waals surface area contributed by atoms with Crippen LogP contribution in [0.3, 0.4) is 0 Å². The van der Waals surface area contributed by atoms with Crippen LogP contribution < -0.4 is 19.8 Å². The van der Waals surface area contributed by atoms with E-state index in [0.29, 0.717) is 6.42 Å². The summed E-state index contributed by atoms with van der Waals surface area (Å²) in [6, 6.07) is 0. The van der Waals surface area contributed by atoms with Gasteiger partial charge in [0.1, 0.15) is 5.94 Å². The van der Waals surface area contributed by atoms with Crippen LogP contribution >= 0.6 is 0 Å². The molecule has 5 nitrogen and oxygen atoms in total. The molecule has 2 N–H and O–H groups in total. The van der Waals surface area contributed by atoms with Gasteiger partial charge in [-0.25, -0.2) is 4.79 Å². The Morgan fingerprint density at radius 3 is 0.952 bits per heavy atom. The lowest BCUT2D eigenvalue weighted by Crippen LogP contribution is -3.12. The zero-order chi connectivity index (χ0) is 32.1. The molecule has 0 aliphatic carbocycles. The monoisotopic (exact) mass is 597 g/mol. The Labute approximate surface area is 265 Å². The molecule has 0 heterocycles. The Morgan fingerprint density at radius 1 is 0.452 bits per heavy atom. The molecule has 0 aliphatic heterocycles. The molecule has 0 aliphatic rings. The molecule has 42 heavy (non-hydrogen) atoms. The topological polar surface area (TPSA) is 72.1 Å². The van der Waals surface area contributed by atoms with Gasteiger partial charge in [-0.05, 0) is 51.4 Å². The molecule has 6 heteroatoms. The van der Waals surface area contributed by atoms with E-state index < -0.39 is 7.12 Å². The minimum Gasteiger partial charge on any atom is -0.889 e. The quantitative estimate of drug-likeness (QED) is 0.0705. The van der Waals surface area contributed by atoms with Gasteiger partial charge in [-0.2, -0.15) is 0 Å². The van der Waals surface area contributed by atoms with Gasteiger partial charge in [0.05, 0.1) is 39.3 Å². The third-order valence-corrected chi connectivity index (χ3v) is 8.02. The van der Waals surface area contributed by atoms with Gasteiger partial charge in [-0.1, -0.05) is 145 Å². The summed E-state index contributed by atoms with van der Waals surface area (Å²) in [5.41, 5.74) is -0.147. The molecule has 0 amide bonds. The Hall–Kier alpha value is -0.645. The fourth-order valence-electron chi connectivity index (χ4n) is 4.98. The van der Waals surface area contributed by atoms with Crippen molar-refractivity contribution < 1.29 is 24.6 Å². The second-order valence-electron chi connectivity index (χ2n) is 12.3. The molecule has 0 atom stereocenters. The number of hydrogen-bond acceptors (Lipinski definition) is 3.